The zero-order chi connectivity index (χ0) is 12.4. The highest BCUT2D eigenvalue weighted by atomic mass is 16.2. The molecule has 1 aromatic rings. The van der Waals surface area contributed by atoms with E-state index in [-0.39, 0.29) is 5.91 Å². The lowest BCUT2D eigenvalue weighted by molar-refractivity contribution is -0.119. The van der Waals surface area contributed by atoms with Crippen molar-refractivity contribution in [3.63, 3.8) is 0 Å². The lowest BCUT2D eigenvalue weighted by atomic mass is 10.2. The predicted octanol–water partition coefficient (Wildman–Crippen LogP) is 1.29. The van der Waals surface area contributed by atoms with E-state index in [0.717, 1.165) is 24.1 Å². The minimum atomic E-state index is 0.0648. The molecular formula is C13H19N3O. The number of rotatable bonds is 4. The van der Waals surface area contributed by atoms with Gasteiger partial charge in [0.15, 0.2) is 0 Å². The Bertz CT molecular complexity index is 427. The average Bonchev–Trinajstić information content (AvgIpc) is 3.00. The summed E-state index contributed by atoms with van der Waals surface area (Å²) in [5, 5.41) is 2.96. The monoisotopic (exact) mass is 233 g/mol. The highest BCUT2D eigenvalue weighted by Crippen LogP contribution is 2.23. The van der Waals surface area contributed by atoms with Crippen LogP contribution in [0.2, 0.25) is 0 Å². The standard InChI is InChI=1S/C13H19N3O/c1-9-3-6-12(11(14)7-9)16(2)8-13(17)15-10-4-5-10/h3,6-7,10H,4-5,8,14H2,1-2H3,(H,15,17). The van der Waals surface area contributed by atoms with Gasteiger partial charge in [-0.2, -0.15) is 0 Å². The molecule has 0 unspecified atom stereocenters. The summed E-state index contributed by atoms with van der Waals surface area (Å²) >= 11 is 0. The molecule has 4 nitrogen and oxygen atoms in total. The number of hydrogen-bond donors (Lipinski definition) is 2. The quantitative estimate of drug-likeness (QED) is 0.770. The normalized spacial score (nSPS) is 14.5. The van der Waals surface area contributed by atoms with Crippen LogP contribution in [0.3, 0.4) is 0 Å². The molecular weight excluding hydrogens is 214 g/mol. The molecule has 0 aromatic heterocycles. The smallest absolute Gasteiger partial charge is 0.239 e. The minimum Gasteiger partial charge on any atom is -0.397 e. The molecule has 0 spiro atoms. The van der Waals surface area contributed by atoms with Gasteiger partial charge in [-0.05, 0) is 37.5 Å². The van der Waals surface area contributed by atoms with Crippen LogP contribution in [0.1, 0.15) is 18.4 Å². The summed E-state index contributed by atoms with van der Waals surface area (Å²) in [4.78, 5) is 13.5. The zero-order valence-electron chi connectivity index (χ0n) is 10.4. The molecule has 17 heavy (non-hydrogen) atoms. The van der Waals surface area contributed by atoms with Gasteiger partial charge in [0, 0.05) is 13.1 Å². The second-order valence-corrected chi connectivity index (χ2v) is 4.76. The van der Waals surface area contributed by atoms with Gasteiger partial charge >= 0.3 is 0 Å². The number of carbonyl (C=O) groups excluding carboxylic acids is 1. The van der Waals surface area contributed by atoms with E-state index in [1.54, 1.807) is 0 Å². The van der Waals surface area contributed by atoms with Crippen LogP contribution in [0.25, 0.3) is 0 Å². The highest BCUT2D eigenvalue weighted by molar-refractivity contribution is 5.83. The summed E-state index contributed by atoms with van der Waals surface area (Å²) in [6.07, 6.45) is 2.23. The first-order valence-corrected chi connectivity index (χ1v) is 5.93. The van der Waals surface area contributed by atoms with Gasteiger partial charge in [-0.25, -0.2) is 0 Å². The molecule has 3 N–H and O–H groups in total. The number of amides is 1. The first-order chi connectivity index (χ1) is 8.06. The number of anilines is 2. The van der Waals surface area contributed by atoms with Crippen molar-refractivity contribution in [2.24, 2.45) is 0 Å². The van der Waals surface area contributed by atoms with Crippen LogP contribution in [0.4, 0.5) is 11.4 Å². The molecule has 0 saturated heterocycles. The van der Waals surface area contributed by atoms with E-state index in [1.807, 2.05) is 37.1 Å². The second kappa shape index (κ2) is 4.65. The van der Waals surface area contributed by atoms with Gasteiger partial charge in [-0.1, -0.05) is 6.07 Å². The van der Waals surface area contributed by atoms with Crippen LogP contribution in [0, 0.1) is 6.92 Å². The summed E-state index contributed by atoms with van der Waals surface area (Å²) < 4.78 is 0. The van der Waals surface area contributed by atoms with E-state index in [0.29, 0.717) is 18.3 Å². The SMILES string of the molecule is Cc1ccc(N(C)CC(=O)NC2CC2)c(N)c1. The van der Waals surface area contributed by atoms with E-state index in [9.17, 15) is 4.79 Å². The number of benzene rings is 1. The fourth-order valence-corrected chi connectivity index (χ4v) is 1.82. The molecule has 0 heterocycles. The Morgan fingerprint density at radius 3 is 2.82 bits per heavy atom. The third-order valence-corrected chi connectivity index (χ3v) is 2.92. The Labute approximate surface area is 102 Å². The number of aryl methyl sites for hydroxylation is 1. The molecule has 1 amide bonds. The van der Waals surface area contributed by atoms with Crippen molar-refractivity contribution in [2.75, 3.05) is 24.2 Å². The fraction of sp³-hybridized carbons (Fsp3) is 0.462. The average molecular weight is 233 g/mol. The van der Waals surface area contributed by atoms with Crippen molar-refractivity contribution in [3.8, 4) is 0 Å². The summed E-state index contributed by atoms with van der Waals surface area (Å²) in [6.45, 7) is 2.35. The fourth-order valence-electron chi connectivity index (χ4n) is 1.82. The van der Waals surface area contributed by atoms with Crippen LogP contribution >= 0.6 is 0 Å². The molecule has 1 aliphatic rings. The van der Waals surface area contributed by atoms with Crippen LogP contribution in [-0.4, -0.2) is 25.5 Å². The van der Waals surface area contributed by atoms with Crippen LogP contribution in [0.5, 0.6) is 0 Å². The van der Waals surface area contributed by atoms with E-state index in [4.69, 9.17) is 5.73 Å². The van der Waals surface area contributed by atoms with Gasteiger partial charge in [0.1, 0.15) is 0 Å². The van der Waals surface area contributed by atoms with Gasteiger partial charge in [-0.3, -0.25) is 4.79 Å². The van der Waals surface area contributed by atoms with E-state index >= 15 is 0 Å². The second-order valence-electron chi connectivity index (χ2n) is 4.76. The highest BCUT2D eigenvalue weighted by Gasteiger charge is 2.23. The van der Waals surface area contributed by atoms with Gasteiger partial charge < -0.3 is 16.0 Å². The van der Waals surface area contributed by atoms with E-state index in [2.05, 4.69) is 5.32 Å². The Hall–Kier alpha value is -1.71. The first kappa shape index (κ1) is 11.8. The van der Waals surface area contributed by atoms with Crippen LogP contribution in [-0.2, 0) is 4.79 Å². The largest absolute Gasteiger partial charge is 0.397 e. The molecule has 4 heteroatoms. The molecule has 1 saturated carbocycles. The number of nitrogens with two attached hydrogens (primary N) is 1. The molecule has 1 fully saturated rings. The molecule has 2 rings (SSSR count). The molecule has 1 aliphatic carbocycles. The maximum Gasteiger partial charge on any atom is 0.239 e. The van der Waals surface area contributed by atoms with Crippen molar-refractivity contribution in [2.45, 2.75) is 25.8 Å². The summed E-state index contributed by atoms with van der Waals surface area (Å²) in [5.41, 5.74) is 8.68. The number of nitrogens with one attached hydrogen (secondary N) is 1. The van der Waals surface area contributed by atoms with Crippen LogP contribution < -0.4 is 16.0 Å². The van der Waals surface area contributed by atoms with E-state index < -0.39 is 0 Å². The van der Waals surface area contributed by atoms with Gasteiger partial charge in [0.25, 0.3) is 0 Å². The topological polar surface area (TPSA) is 58.4 Å². The number of nitrogens with zero attached hydrogens (tertiary/aromatic N) is 1. The van der Waals surface area contributed by atoms with Crippen molar-refractivity contribution in [1.82, 2.24) is 5.32 Å². The summed E-state index contributed by atoms with van der Waals surface area (Å²) in [6, 6.07) is 6.28. The van der Waals surface area contributed by atoms with Gasteiger partial charge in [-0.15, -0.1) is 0 Å². The van der Waals surface area contributed by atoms with E-state index in [1.165, 1.54) is 0 Å². The zero-order valence-corrected chi connectivity index (χ0v) is 10.4. The Morgan fingerprint density at radius 2 is 2.24 bits per heavy atom. The molecule has 1 aromatic carbocycles. The number of likely N-dealkylation sites (N-methyl/N-ethyl adjacent to an activating group) is 1. The molecule has 0 bridgehead atoms. The lowest BCUT2D eigenvalue weighted by Gasteiger charge is -2.20. The molecule has 92 valence electrons. The number of hydrogen-bond acceptors (Lipinski definition) is 3. The third kappa shape index (κ3) is 3.12. The Balaban J connectivity index is 1.97. The maximum atomic E-state index is 11.7. The third-order valence-electron chi connectivity index (χ3n) is 2.92. The lowest BCUT2D eigenvalue weighted by Crippen LogP contribution is -2.36. The molecule has 0 aliphatic heterocycles. The van der Waals surface area contributed by atoms with Crippen LogP contribution in [0.15, 0.2) is 18.2 Å². The minimum absolute atomic E-state index is 0.0648. The molecule has 0 atom stereocenters. The van der Waals surface area contributed by atoms with Gasteiger partial charge in [0.2, 0.25) is 5.91 Å². The number of nitrogen functional groups attached to an aromatic ring is 1. The molecule has 0 radical (unpaired) electrons. The summed E-state index contributed by atoms with van der Waals surface area (Å²) in [7, 11) is 1.88. The number of carbonyl (C=O) groups is 1. The predicted molar refractivity (Wildman–Crippen MR) is 70.0 cm³/mol. The van der Waals surface area contributed by atoms with Crippen molar-refractivity contribution >= 4 is 17.3 Å². The van der Waals surface area contributed by atoms with Gasteiger partial charge in [0.05, 0.1) is 17.9 Å². The maximum absolute atomic E-state index is 11.7. The first-order valence-electron chi connectivity index (χ1n) is 5.93. The Morgan fingerprint density at radius 1 is 1.53 bits per heavy atom. The van der Waals surface area contributed by atoms with Crippen molar-refractivity contribution in [1.29, 1.82) is 0 Å². The van der Waals surface area contributed by atoms with Crippen molar-refractivity contribution < 1.29 is 4.79 Å². The summed E-state index contributed by atoms with van der Waals surface area (Å²) in [5.74, 6) is 0.0648. The Kier molecular flexibility index (Phi) is 3.22. The van der Waals surface area contributed by atoms with Crippen molar-refractivity contribution in [3.05, 3.63) is 23.8 Å².